The van der Waals surface area contributed by atoms with Crippen LogP contribution in [0.4, 0.5) is 5.82 Å². The van der Waals surface area contributed by atoms with Crippen molar-refractivity contribution in [2.75, 3.05) is 18.0 Å². The van der Waals surface area contributed by atoms with E-state index in [-0.39, 0.29) is 11.6 Å². The summed E-state index contributed by atoms with van der Waals surface area (Å²) in [4.78, 5) is 25.0. The molecule has 162 valence electrons. The minimum Gasteiger partial charge on any atom is -0.356 e. The molecular weight excluding hydrogens is 400 g/mol. The molecular formula is C25H26N6O. The lowest BCUT2D eigenvalue weighted by atomic mass is 10.1. The van der Waals surface area contributed by atoms with Gasteiger partial charge < -0.3 is 15.2 Å². The fraction of sp³-hybridized carbons (Fsp3) is 0.320. The van der Waals surface area contributed by atoms with Gasteiger partial charge >= 0.3 is 0 Å². The van der Waals surface area contributed by atoms with Crippen molar-refractivity contribution in [2.24, 2.45) is 5.73 Å². The number of hydrogen-bond acceptors (Lipinski definition) is 5. The minimum absolute atomic E-state index is 0.0878. The van der Waals surface area contributed by atoms with Crippen LogP contribution in [-0.2, 0) is 13.1 Å². The summed E-state index contributed by atoms with van der Waals surface area (Å²) in [6, 6.07) is 12.2. The van der Waals surface area contributed by atoms with E-state index < -0.39 is 0 Å². The molecule has 32 heavy (non-hydrogen) atoms. The van der Waals surface area contributed by atoms with Crippen molar-refractivity contribution < 1.29 is 0 Å². The number of piperidine rings is 1. The lowest BCUT2D eigenvalue weighted by Gasteiger charge is -2.32. The van der Waals surface area contributed by atoms with Gasteiger partial charge in [-0.25, -0.2) is 4.98 Å². The van der Waals surface area contributed by atoms with Gasteiger partial charge in [-0.05, 0) is 31.2 Å². The third-order valence-corrected chi connectivity index (χ3v) is 6.13. The van der Waals surface area contributed by atoms with Crippen LogP contribution in [0.1, 0.15) is 25.5 Å². The largest absolute Gasteiger partial charge is 0.356 e. The summed E-state index contributed by atoms with van der Waals surface area (Å²) < 4.78 is 3.63. The van der Waals surface area contributed by atoms with Crippen LogP contribution in [0, 0.1) is 11.8 Å². The molecule has 7 nitrogen and oxygen atoms in total. The standard InChI is InChI=1S/C25H26N6O/c1-2-3-13-31-23(29-12-6-8-19(26)15-29)14-21-24(31)25(32)30(17-28-21)16-22-20-9-5-4-7-18(20)10-11-27-22/h4-5,7,9-11,14,17,19H,6,8,12-13,15-16,26H2,1H3/t19-/m0/s1. The van der Waals surface area contributed by atoms with Crippen LogP contribution in [0.2, 0.25) is 0 Å². The third kappa shape index (κ3) is 3.63. The highest BCUT2D eigenvalue weighted by Crippen LogP contribution is 2.26. The Hall–Kier alpha value is -3.63. The van der Waals surface area contributed by atoms with Crippen LogP contribution in [0.25, 0.3) is 21.8 Å². The average Bonchev–Trinajstić information content (AvgIpc) is 3.19. The number of anilines is 1. The van der Waals surface area contributed by atoms with Crippen LogP contribution in [0.15, 0.2) is 53.7 Å². The first-order chi connectivity index (χ1) is 15.7. The topological polar surface area (TPSA) is 82.0 Å². The van der Waals surface area contributed by atoms with Crippen LogP contribution in [0.3, 0.4) is 0 Å². The minimum atomic E-state index is -0.0878. The highest BCUT2D eigenvalue weighted by Gasteiger charge is 2.23. The fourth-order valence-corrected chi connectivity index (χ4v) is 4.55. The Morgan fingerprint density at radius 2 is 2.09 bits per heavy atom. The van der Waals surface area contributed by atoms with Crippen molar-refractivity contribution in [2.45, 2.75) is 38.9 Å². The molecule has 1 aromatic carbocycles. The first kappa shape index (κ1) is 20.3. The molecule has 5 rings (SSSR count). The summed E-state index contributed by atoms with van der Waals surface area (Å²) in [5.41, 5.74) is 8.24. The predicted molar refractivity (Wildman–Crippen MR) is 128 cm³/mol. The van der Waals surface area contributed by atoms with Gasteiger partial charge in [0.1, 0.15) is 11.3 Å². The van der Waals surface area contributed by atoms with Crippen LogP contribution in [-0.4, -0.2) is 38.2 Å². The number of fused-ring (bicyclic) bond motifs is 2. The van der Waals surface area contributed by atoms with E-state index in [0.717, 1.165) is 48.2 Å². The van der Waals surface area contributed by atoms with Gasteiger partial charge in [0.25, 0.3) is 5.56 Å². The first-order valence-corrected chi connectivity index (χ1v) is 11.0. The molecule has 0 aliphatic carbocycles. The number of rotatable bonds is 4. The number of pyridine rings is 1. The zero-order valence-corrected chi connectivity index (χ0v) is 18.2. The Morgan fingerprint density at radius 1 is 1.22 bits per heavy atom. The lowest BCUT2D eigenvalue weighted by molar-refractivity contribution is 0.499. The summed E-state index contributed by atoms with van der Waals surface area (Å²) >= 11 is 0. The van der Waals surface area contributed by atoms with Gasteiger partial charge in [-0.1, -0.05) is 30.2 Å². The van der Waals surface area contributed by atoms with Gasteiger partial charge in [0, 0.05) is 36.8 Å². The molecule has 3 aromatic heterocycles. The molecule has 1 aliphatic rings. The van der Waals surface area contributed by atoms with Crippen LogP contribution >= 0.6 is 0 Å². The molecule has 1 saturated heterocycles. The summed E-state index contributed by atoms with van der Waals surface area (Å²) in [5.74, 6) is 7.03. The van der Waals surface area contributed by atoms with E-state index >= 15 is 0 Å². The van der Waals surface area contributed by atoms with Gasteiger partial charge in [0.05, 0.1) is 30.6 Å². The maximum absolute atomic E-state index is 13.6. The molecule has 0 saturated carbocycles. The zero-order chi connectivity index (χ0) is 22.1. The number of nitrogens with two attached hydrogens (primary N) is 1. The van der Waals surface area contributed by atoms with E-state index in [0.29, 0.717) is 24.1 Å². The SMILES string of the molecule is CC#CCn1c(N2CCC[C@H](N)C2)cc2ncn(Cc3nccc4ccccc34)c(=O)c21. The molecule has 1 aliphatic heterocycles. The van der Waals surface area contributed by atoms with E-state index in [1.165, 1.54) is 0 Å². The molecule has 0 unspecified atom stereocenters. The van der Waals surface area contributed by atoms with Gasteiger partial charge in [-0.15, -0.1) is 5.92 Å². The second-order valence-electron chi connectivity index (χ2n) is 8.25. The van der Waals surface area contributed by atoms with Gasteiger partial charge in [0.2, 0.25) is 0 Å². The summed E-state index contributed by atoms with van der Waals surface area (Å²) in [5, 5.41) is 2.14. The molecule has 1 atom stereocenters. The average molecular weight is 427 g/mol. The molecule has 0 radical (unpaired) electrons. The van der Waals surface area contributed by atoms with E-state index in [4.69, 9.17) is 5.73 Å². The van der Waals surface area contributed by atoms with E-state index in [1.807, 2.05) is 41.8 Å². The van der Waals surface area contributed by atoms with E-state index in [2.05, 4.69) is 32.8 Å². The highest BCUT2D eigenvalue weighted by atomic mass is 16.1. The van der Waals surface area contributed by atoms with E-state index in [1.54, 1.807) is 17.1 Å². The first-order valence-electron chi connectivity index (χ1n) is 11.0. The van der Waals surface area contributed by atoms with E-state index in [9.17, 15) is 4.79 Å². The van der Waals surface area contributed by atoms with Crippen molar-refractivity contribution >= 4 is 27.6 Å². The molecule has 7 heteroatoms. The summed E-state index contributed by atoms with van der Waals surface area (Å²) in [6.45, 7) is 4.29. The van der Waals surface area contributed by atoms with Crippen molar-refractivity contribution in [3.8, 4) is 11.8 Å². The van der Waals surface area contributed by atoms with Gasteiger partial charge in [0.15, 0.2) is 0 Å². The van der Waals surface area contributed by atoms with Gasteiger partial charge in [-0.3, -0.25) is 14.3 Å². The molecule has 1 fully saturated rings. The highest BCUT2D eigenvalue weighted by molar-refractivity contribution is 5.84. The fourth-order valence-electron chi connectivity index (χ4n) is 4.55. The molecule has 0 amide bonds. The Bertz CT molecular complexity index is 1400. The molecule has 0 bridgehead atoms. The molecule has 0 spiro atoms. The van der Waals surface area contributed by atoms with Gasteiger partial charge in [-0.2, -0.15) is 0 Å². The Labute approximate surface area is 186 Å². The Kier molecular flexibility index (Phi) is 5.38. The summed E-state index contributed by atoms with van der Waals surface area (Å²) in [7, 11) is 0. The number of nitrogens with zero attached hydrogens (tertiary/aromatic N) is 5. The molecule has 4 aromatic rings. The smallest absolute Gasteiger partial charge is 0.278 e. The Balaban J connectivity index is 1.62. The number of hydrogen-bond donors (Lipinski definition) is 1. The Morgan fingerprint density at radius 3 is 2.94 bits per heavy atom. The van der Waals surface area contributed by atoms with Crippen molar-refractivity contribution in [1.29, 1.82) is 0 Å². The summed E-state index contributed by atoms with van der Waals surface area (Å²) in [6.07, 6.45) is 5.46. The van der Waals surface area contributed by atoms with Crippen LogP contribution < -0.4 is 16.2 Å². The van der Waals surface area contributed by atoms with Crippen molar-refractivity contribution in [3.63, 3.8) is 0 Å². The molecule has 4 heterocycles. The zero-order valence-electron chi connectivity index (χ0n) is 18.2. The normalized spacial score (nSPS) is 16.3. The maximum atomic E-state index is 13.6. The quantitative estimate of drug-likeness (QED) is 0.508. The monoisotopic (exact) mass is 426 g/mol. The molecule has 2 N–H and O–H groups in total. The second-order valence-corrected chi connectivity index (χ2v) is 8.25. The lowest BCUT2D eigenvalue weighted by Crippen LogP contribution is -2.43. The second kappa shape index (κ2) is 8.48. The predicted octanol–water partition coefficient (Wildman–Crippen LogP) is 2.75. The van der Waals surface area contributed by atoms with Crippen molar-refractivity contribution in [1.82, 2.24) is 19.1 Å². The third-order valence-electron chi connectivity index (χ3n) is 6.13. The maximum Gasteiger partial charge on any atom is 0.278 e. The number of aromatic nitrogens is 4. The van der Waals surface area contributed by atoms with Crippen LogP contribution in [0.5, 0.6) is 0 Å². The number of benzene rings is 1. The van der Waals surface area contributed by atoms with Crippen molar-refractivity contribution in [3.05, 3.63) is 65.0 Å².